The molecule has 0 amide bonds. The summed E-state index contributed by atoms with van der Waals surface area (Å²) in [4.78, 5) is 7.09. The van der Waals surface area contributed by atoms with Gasteiger partial charge in [-0.2, -0.15) is 0 Å². The van der Waals surface area contributed by atoms with Crippen molar-refractivity contribution in [2.75, 3.05) is 13.6 Å². The Morgan fingerprint density at radius 2 is 2.00 bits per heavy atom. The number of rotatable bonds is 6. The minimum absolute atomic E-state index is 0.719. The molecular weight excluding hydrogens is 246 g/mol. The summed E-state index contributed by atoms with van der Waals surface area (Å²) in [5.41, 5.74) is 2.31. The van der Waals surface area contributed by atoms with Gasteiger partial charge in [-0.15, -0.1) is 0 Å². The second-order valence-electron chi connectivity index (χ2n) is 6.14. The Kier molecular flexibility index (Phi) is 5.99. The molecule has 0 atom stereocenters. The van der Waals surface area contributed by atoms with Crippen LogP contribution in [0, 0.1) is 6.92 Å². The van der Waals surface area contributed by atoms with Crippen LogP contribution >= 0.6 is 0 Å². The van der Waals surface area contributed by atoms with Gasteiger partial charge in [-0.05, 0) is 64.8 Å². The molecule has 3 heteroatoms. The maximum Gasteiger partial charge on any atom is 0.0547 e. The topological polar surface area (TPSA) is 28.2 Å². The van der Waals surface area contributed by atoms with Crippen molar-refractivity contribution in [3.8, 4) is 0 Å². The van der Waals surface area contributed by atoms with Gasteiger partial charge in [-0.3, -0.25) is 9.88 Å². The third-order valence-electron chi connectivity index (χ3n) is 4.36. The molecule has 1 N–H and O–H groups in total. The zero-order chi connectivity index (χ0) is 14.4. The van der Waals surface area contributed by atoms with Crippen LogP contribution in [0.5, 0.6) is 0 Å². The highest BCUT2D eigenvalue weighted by atomic mass is 15.1. The molecule has 1 aromatic rings. The van der Waals surface area contributed by atoms with E-state index in [-0.39, 0.29) is 0 Å². The SMILES string of the molecule is CCCNC1CCC(N(C)Cc2cccc(C)n2)CC1. The predicted molar refractivity (Wildman–Crippen MR) is 84.8 cm³/mol. The minimum atomic E-state index is 0.719. The van der Waals surface area contributed by atoms with Crippen molar-refractivity contribution in [1.82, 2.24) is 15.2 Å². The fraction of sp³-hybridized carbons (Fsp3) is 0.706. The summed E-state index contributed by atoms with van der Waals surface area (Å²) in [6.45, 7) is 6.44. The molecular formula is C17H29N3. The van der Waals surface area contributed by atoms with E-state index < -0.39 is 0 Å². The smallest absolute Gasteiger partial charge is 0.0547 e. The Bertz CT molecular complexity index is 397. The molecule has 0 saturated heterocycles. The number of aryl methyl sites for hydroxylation is 1. The molecule has 0 unspecified atom stereocenters. The third kappa shape index (κ3) is 4.57. The average molecular weight is 275 g/mol. The van der Waals surface area contributed by atoms with Gasteiger partial charge in [0.25, 0.3) is 0 Å². The number of pyridine rings is 1. The van der Waals surface area contributed by atoms with Crippen LogP contribution < -0.4 is 5.32 Å². The van der Waals surface area contributed by atoms with Crippen molar-refractivity contribution in [2.45, 2.75) is 64.6 Å². The van der Waals surface area contributed by atoms with Crippen LogP contribution in [0.2, 0.25) is 0 Å². The number of nitrogens with zero attached hydrogens (tertiary/aromatic N) is 2. The summed E-state index contributed by atoms with van der Waals surface area (Å²) in [5.74, 6) is 0. The highest BCUT2D eigenvalue weighted by Crippen LogP contribution is 2.23. The van der Waals surface area contributed by atoms with Gasteiger partial charge in [0.2, 0.25) is 0 Å². The molecule has 1 aliphatic carbocycles. The molecule has 0 aromatic carbocycles. The van der Waals surface area contributed by atoms with E-state index in [9.17, 15) is 0 Å². The van der Waals surface area contributed by atoms with Crippen molar-refractivity contribution in [2.24, 2.45) is 0 Å². The Hall–Kier alpha value is -0.930. The molecule has 0 spiro atoms. The Labute approximate surface area is 123 Å². The Balaban J connectivity index is 1.78. The van der Waals surface area contributed by atoms with Crippen LogP contribution in [0.4, 0.5) is 0 Å². The zero-order valence-electron chi connectivity index (χ0n) is 13.2. The lowest BCUT2D eigenvalue weighted by atomic mass is 9.90. The van der Waals surface area contributed by atoms with Crippen LogP contribution in [-0.2, 0) is 6.54 Å². The molecule has 0 bridgehead atoms. The number of aromatic nitrogens is 1. The fourth-order valence-electron chi connectivity index (χ4n) is 3.14. The van der Waals surface area contributed by atoms with E-state index in [2.05, 4.69) is 54.3 Å². The average Bonchev–Trinajstić information content (AvgIpc) is 2.45. The summed E-state index contributed by atoms with van der Waals surface area (Å²) in [5, 5.41) is 3.66. The number of hydrogen-bond donors (Lipinski definition) is 1. The first-order chi connectivity index (χ1) is 9.69. The largest absolute Gasteiger partial charge is 0.314 e. The first kappa shape index (κ1) is 15.5. The molecule has 0 radical (unpaired) electrons. The van der Waals surface area contributed by atoms with Gasteiger partial charge >= 0.3 is 0 Å². The molecule has 1 heterocycles. The summed E-state index contributed by atoms with van der Waals surface area (Å²) >= 11 is 0. The molecule has 1 saturated carbocycles. The minimum Gasteiger partial charge on any atom is -0.314 e. The Morgan fingerprint density at radius 3 is 2.65 bits per heavy atom. The predicted octanol–water partition coefficient (Wildman–Crippen LogP) is 3.13. The van der Waals surface area contributed by atoms with Crippen LogP contribution in [0.1, 0.15) is 50.4 Å². The van der Waals surface area contributed by atoms with Crippen LogP contribution in [-0.4, -0.2) is 35.6 Å². The van der Waals surface area contributed by atoms with Crippen molar-refractivity contribution in [1.29, 1.82) is 0 Å². The van der Waals surface area contributed by atoms with E-state index >= 15 is 0 Å². The normalized spacial score (nSPS) is 23.2. The van der Waals surface area contributed by atoms with Gasteiger partial charge in [0.1, 0.15) is 0 Å². The van der Waals surface area contributed by atoms with Gasteiger partial charge < -0.3 is 5.32 Å². The second kappa shape index (κ2) is 7.75. The van der Waals surface area contributed by atoms with Crippen LogP contribution in [0.3, 0.4) is 0 Å². The molecule has 112 valence electrons. The first-order valence-electron chi connectivity index (χ1n) is 8.05. The van der Waals surface area contributed by atoms with E-state index in [1.807, 2.05) is 0 Å². The Morgan fingerprint density at radius 1 is 1.25 bits per heavy atom. The first-order valence-corrected chi connectivity index (χ1v) is 8.05. The number of hydrogen-bond acceptors (Lipinski definition) is 3. The molecule has 3 nitrogen and oxygen atoms in total. The van der Waals surface area contributed by atoms with Crippen LogP contribution in [0.15, 0.2) is 18.2 Å². The summed E-state index contributed by atoms with van der Waals surface area (Å²) in [7, 11) is 2.24. The van der Waals surface area contributed by atoms with E-state index in [0.29, 0.717) is 0 Å². The van der Waals surface area contributed by atoms with Crippen molar-refractivity contribution in [3.63, 3.8) is 0 Å². The highest BCUT2D eigenvalue weighted by molar-refractivity contribution is 5.09. The third-order valence-corrected chi connectivity index (χ3v) is 4.36. The fourth-order valence-corrected chi connectivity index (χ4v) is 3.14. The molecule has 1 aromatic heterocycles. The van der Waals surface area contributed by atoms with Crippen molar-refractivity contribution in [3.05, 3.63) is 29.6 Å². The molecule has 1 aliphatic rings. The van der Waals surface area contributed by atoms with Crippen molar-refractivity contribution < 1.29 is 0 Å². The lowest BCUT2D eigenvalue weighted by molar-refractivity contribution is 0.166. The monoisotopic (exact) mass is 275 g/mol. The van der Waals surface area contributed by atoms with Crippen LogP contribution in [0.25, 0.3) is 0 Å². The number of nitrogens with one attached hydrogen (secondary N) is 1. The summed E-state index contributed by atoms with van der Waals surface area (Å²) in [6, 6.07) is 7.78. The van der Waals surface area contributed by atoms with Gasteiger partial charge in [0, 0.05) is 24.3 Å². The maximum atomic E-state index is 4.61. The van der Waals surface area contributed by atoms with E-state index in [0.717, 1.165) is 24.3 Å². The quantitative estimate of drug-likeness (QED) is 0.864. The van der Waals surface area contributed by atoms with Gasteiger partial charge in [-0.25, -0.2) is 0 Å². The molecule has 1 fully saturated rings. The molecule has 0 aliphatic heterocycles. The molecule has 2 rings (SSSR count). The summed E-state index contributed by atoms with van der Waals surface area (Å²) in [6.07, 6.45) is 6.48. The van der Waals surface area contributed by atoms with Gasteiger partial charge in [0.15, 0.2) is 0 Å². The molecule has 20 heavy (non-hydrogen) atoms. The lowest BCUT2D eigenvalue weighted by Crippen LogP contribution is -2.40. The summed E-state index contributed by atoms with van der Waals surface area (Å²) < 4.78 is 0. The highest BCUT2D eigenvalue weighted by Gasteiger charge is 2.23. The van der Waals surface area contributed by atoms with E-state index in [4.69, 9.17) is 0 Å². The van der Waals surface area contributed by atoms with Gasteiger partial charge in [0.05, 0.1) is 5.69 Å². The maximum absolute atomic E-state index is 4.61. The van der Waals surface area contributed by atoms with Gasteiger partial charge in [-0.1, -0.05) is 13.0 Å². The standard InChI is InChI=1S/C17H29N3/c1-4-12-18-15-8-10-17(11-9-15)20(3)13-16-7-5-6-14(2)19-16/h5-7,15,17-18H,4,8-13H2,1-3H3. The lowest BCUT2D eigenvalue weighted by Gasteiger charge is -2.35. The van der Waals surface area contributed by atoms with E-state index in [1.165, 1.54) is 44.3 Å². The zero-order valence-corrected chi connectivity index (χ0v) is 13.2. The second-order valence-corrected chi connectivity index (χ2v) is 6.14. The van der Waals surface area contributed by atoms with Crippen molar-refractivity contribution >= 4 is 0 Å². The van der Waals surface area contributed by atoms with E-state index in [1.54, 1.807) is 0 Å².